The van der Waals surface area contributed by atoms with Gasteiger partial charge in [-0.2, -0.15) is 0 Å². The van der Waals surface area contributed by atoms with E-state index in [2.05, 4.69) is 9.55 Å². The zero-order chi connectivity index (χ0) is 6.97. The van der Waals surface area contributed by atoms with Crippen molar-refractivity contribution in [2.75, 3.05) is 0 Å². The summed E-state index contributed by atoms with van der Waals surface area (Å²) in [6.07, 6.45) is 6.41. The van der Waals surface area contributed by atoms with E-state index in [4.69, 9.17) is 11.6 Å². The standard InChI is InChI=1S/C7H9ClN2.ClH/c8-5-7-9-3-4-10(7)6-1-2-6;/h3-4,6H,1-2,5H2;1H. The van der Waals surface area contributed by atoms with Crippen LogP contribution in [0.15, 0.2) is 12.4 Å². The van der Waals surface area contributed by atoms with Crippen LogP contribution in [0.1, 0.15) is 24.7 Å². The van der Waals surface area contributed by atoms with Crippen LogP contribution in [0.5, 0.6) is 0 Å². The van der Waals surface area contributed by atoms with Crippen LogP contribution in [0.4, 0.5) is 0 Å². The molecule has 0 saturated heterocycles. The first-order valence-electron chi connectivity index (χ1n) is 3.49. The Bertz CT molecular complexity index is 230. The van der Waals surface area contributed by atoms with Crippen LogP contribution in [0.2, 0.25) is 0 Å². The average molecular weight is 193 g/mol. The Balaban J connectivity index is 0.000000605. The van der Waals surface area contributed by atoms with Gasteiger partial charge in [-0.3, -0.25) is 0 Å². The number of nitrogens with zero attached hydrogens (tertiary/aromatic N) is 2. The second-order valence-corrected chi connectivity index (χ2v) is 2.88. The zero-order valence-electron chi connectivity index (χ0n) is 6.03. The molecule has 0 aromatic carbocycles. The molecule has 2 rings (SSSR count). The molecule has 1 aromatic heterocycles. The number of alkyl halides is 1. The molecule has 0 radical (unpaired) electrons. The maximum absolute atomic E-state index is 5.66. The molecule has 0 atom stereocenters. The van der Waals surface area contributed by atoms with Crippen molar-refractivity contribution in [3.8, 4) is 0 Å². The fourth-order valence-corrected chi connectivity index (χ4v) is 1.34. The van der Waals surface area contributed by atoms with Gasteiger partial charge in [-0.15, -0.1) is 24.0 Å². The van der Waals surface area contributed by atoms with E-state index in [0.717, 1.165) is 5.82 Å². The van der Waals surface area contributed by atoms with Crippen molar-refractivity contribution in [1.82, 2.24) is 9.55 Å². The maximum atomic E-state index is 5.66. The molecule has 1 saturated carbocycles. The van der Waals surface area contributed by atoms with E-state index in [-0.39, 0.29) is 12.4 Å². The summed E-state index contributed by atoms with van der Waals surface area (Å²) in [5, 5.41) is 0. The predicted octanol–water partition coefficient (Wildman–Crippen LogP) is 2.38. The van der Waals surface area contributed by atoms with Crippen LogP contribution in [-0.2, 0) is 5.88 Å². The van der Waals surface area contributed by atoms with E-state index >= 15 is 0 Å². The van der Waals surface area contributed by atoms with Crippen LogP contribution in [0.3, 0.4) is 0 Å². The Hall–Kier alpha value is -0.210. The summed E-state index contributed by atoms with van der Waals surface area (Å²) < 4.78 is 2.17. The Kier molecular flexibility index (Phi) is 2.79. The lowest BCUT2D eigenvalue weighted by Crippen LogP contribution is -1.97. The van der Waals surface area contributed by atoms with Gasteiger partial charge in [0.25, 0.3) is 0 Å². The monoisotopic (exact) mass is 192 g/mol. The molecular formula is C7H10Cl2N2. The Morgan fingerprint density at radius 2 is 2.36 bits per heavy atom. The zero-order valence-corrected chi connectivity index (χ0v) is 7.61. The highest BCUT2D eigenvalue weighted by atomic mass is 35.5. The molecule has 11 heavy (non-hydrogen) atoms. The van der Waals surface area contributed by atoms with Gasteiger partial charge in [0.05, 0.1) is 5.88 Å². The van der Waals surface area contributed by atoms with Crippen LogP contribution in [-0.4, -0.2) is 9.55 Å². The second-order valence-electron chi connectivity index (χ2n) is 2.62. The molecule has 0 bridgehead atoms. The molecule has 4 heteroatoms. The van der Waals surface area contributed by atoms with Gasteiger partial charge < -0.3 is 4.57 Å². The number of aromatic nitrogens is 2. The third-order valence-corrected chi connectivity index (χ3v) is 2.05. The second kappa shape index (κ2) is 3.46. The lowest BCUT2D eigenvalue weighted by molar-refractivity contribution is 0.705. The summed E-state index contributed by atoms with van der Waals surface area (Å²) in [4.78, 5) is 4.13. The normalized spacial score (nSPS) is 16.1. The smallest absolute Gasteiger partial charge is 0.123 e. The van der Waals surface area contributed by atoms with Crippen molar-refractivity contribution in [3.63, 3.8) is 0 Å². The predicted molar refractivity (Wildman–Crippen MR) is 47.3 cm³/mol. The lowest BCUT2D eigenvalue weighted by Gasteiger charge is -2.00. The number of imidazole rings is 1. The number of hydrogen-bond donors (Lipinski definition) is 0. The molecule has 1 heterocycles. The topological polar surface area (TPSA) is 17.8 Å². The first-order chi connectivity index (χ1) is 4.92. The van der Waals surface area contributed by atoms with Crippen LogP contribution in [0.25, 0.3) is 0 Å². The van der Waals surface area contributed by atoms with Crippen molar-refractivity contribution in [1.29, 1.82) is 0 Å². The SMILES string of the molecule is Cl.ClCc1nccn1C1CC1. The molecule has 1 aliphatic carbocycles. The Morgan fingerprint density at radius 1 is 1.64 bits per heavy atom. The number of halogens is 2. The minimum atomic E-state index is 0. The summed E-state index contributed by atoms with van der Waals surface area (Å²) >= 11 is 5.66. The molecule has 0 unspecified atom stereocenters. The first-order valence-corrected chi connectivity index (χ1v) is 4.03. The third kappa shape index (κ3) is 1.68. The van der Waals surface area contributed by atoms with Crippen molar-refractivity contribution in [2.45, 2.75) is 24.8 Å². The van der Waals surface area contributed by atoms with Gasteiger partial charge in [0.2, 0.25) is 0 Å². The van der Waals surface area contributed by atoms with Crippen LogP contribution >= 0.6 is 24.0 Å². The molecule has 0 N–H and O–H groups in total. The molecular weight excluding hydrogens is 183 g/mol. The molecule has 0 spiro atoms. The molecule has 0 aliphatic heterocycles. The summed E-state index contributed by atoms with van der Waals surface area (Å²) in [5.74, 6) is 1.54. The summed E-state index contributed by atoms with van der Waals surface area (Å²) in [6, 6.07) is 0.705. The number of rotatable bonds is 2. The molecule has 62 valence electrons. The highest BCUT2D eigenvalue weighted by molar-refractivity contribution is 6.16. The molecule has 0 amide bonds. The average Bonchev–Trinajstić information content (AvgIpc) is 2.69. The van der Waals surface area contributed by atoms with E-state index < -0.39 is 0 Å². The highest BCUT2D eigenvalue weighted by Crippen LogP contribution is 2.35. The molecule has 1 aromatic rings. The minimum absolute atomic E-state index is 0. The molecule has 1 fully saturated rings. The quantitative estimate of drug-likeness (QED) is 0.659. The minimum Gasteiger partial charge on any atom is -0.331 e. The summed E-state index contributed by atoms with van der Waals surface area (Å²) in [5.41, 5.74) is 0. The van der Waals surface area contributed by atoms with Crippen molar-refractivity contribution < 1.29 is 0 Å². The van der Waals surface area contributed by atoms with Gasteiger partial charge in [0.1, 0.15) is 5.82 Å². The highest BCUT2D eigenvalue weighted by Gasteiger charge is 2.24. The van der Waals surface area contributed by atoms with Crippen molar-refractivity contribution >= 4 is 24.0 Å². The fraction of sp³-hybridized carbons (Fsp3) is 0.571. The summed E-state index contributed by atoms with van der Waals surface area (Å²) in [6.45, 7) is 0. The van der Waals surface area contributed by atoms with Crippen molar-refractivity contribution in [2.24, 2.45) is 0 Å². The fourth-order valence-electron chi connectivity index (χ4n) is 1.13. The van der Waals surface area contributed by atoms with Gasteiger partial charge in [0.15, 0.2) is 0 Å². The van der Waals surface area contributed by atoms with E-state index in [0.29, 0.717) is 11.9 Å². The Morgan fingerprint density at radius 3 is 2.91 bits per heavy atom. The molecule has 1 aliphatic rings. The Labute approximate surface area is 77.0 Å². The van der Waals surface area contributed by atoms with E-state index in [1.54, 1.807) is 0 Å². The van der Waals surface area contributed by atoms with Gasteiger partial charge in [-0.25, -0.2) is 4.98 Å². The van der Waals surface area contributed by atoms with Gasteiger partial charge in [-0.05, 0) is 12.8 Å². The van der Waals surface area contributed by atoms with Crippen LogP contribution in [0, 0.1) is 0 Å². The summed E-state index contributed by atoms with van der Waals surface area (Å²) in [7, 11) is 0. The maximum Gasteiger partial charge on any atom is 0.123 e. The number of hydrogen-bond acceptors (Lipinski definition) is 1. The van der Waals surface area contributed by atoms with Crippen LogP contribution < -0.4 is 0 Å². The third-order valence-electron chi connectivity index (χ3n) is 1.81. The first kappa shape index (κ1) is 8.88. The van der Waals surface area contributed by atoms with Gasteiger partial charge in [-0.1, -0.05) is 0 Å². The van der Waals surface area contributed by atoms with Gasteiger partial charge >= 0.3 is 0 Å². The van der Waals surface area contributed by atoms with Crippen molar-refractivity contribution in [3.05, 3.63) is 18.2 Å². The lowest BCUT2D eigenvalue weighted by atomic mass is 10.6. The van der Waals surface area contributed by atoms with E-state index in [9.17, 15) is 0 Å². The largest absolute Gasteiger partial charge is 0.331 e. The molecule has 2 nitrogen and oxygen atoms in total. The van der Waals surface area contributed by atoms with E-state index in [1.165, 1.54) is 12.8 Å². The van der Waals surface area contributed by atoms with E-state index in [1.807, 2.05) is 12.4 Å². The van der Waals surface area contributed by atoms with Gasteiger partial charge in [0, 0.05) is 18.4 Å².